The molecule has 8 nitrogen and oxygen atoms in total. The average Bonchev–Trinajstić information content (AvgIpc) is 2.89. The number of β-lactam (4-membered cyclic amide) rings is 1. The van der Waals surface area contributed by atoms with Gasteiger partial charge in [0.2, 0.25) is 5.91 Å². The van der Waals surface area contributed by atoms with Crippen molar-refractivity contribution in [2.75, 3.05) is 7.05 Å². The first-order valence-electron chi connectivity index (χ1n) is 7.53. The minimum Gasteiger partial charge on any atom is -0.477 e. The SMILES string of the molecule is CNC(=O)c1ccc(C2=C(C(=O)O)N3C(=O)[C@H]([C@@H](C)O)[C@H]3C2)cn1. The molecular formula is C16H17N3O5. The van der Waals surface area contributed by atoms with Gasteiger partial charge in [-0.2, -0.15) is 0 Å². The van der Waals surface area contributed by atoms with E-state index in [2.05, 4.69) is 10.3 Å². The van der Waals surface area contributed by atoms with Gasteiger partial charge in [-0.3, -0.25) is 14.6 Å². The first kappa shape index (κ1) is 16.1. The second kappa shape index (κ2) is 5.72. The van der Waals surface area contributed by atoms with Crippen molar-refractivity contribution in [3.63, 3.8) is 0 Å². The van der Waals surface area contributed by atoms with Crippen molar-refractivity contribution in [2.45, 2.75) is 25.5 Å². The zero-order chi connectivity index (χ0) is 17.6. The van der Waals surface area contributed by atoms with Gasteiger partial charge in [0.05, 0.1) is 18.1 Å². The Bertz CT molecular complexity index is 753. The molecule has 0 unspecified atom stereocenters. The summed E-state index contributed by atoms with van der Waals surface area (Å²) in [6.07, 6.45) is 0.933. The standard InChI is InChI=1S/C16H17N3O5/c1-7(20)12-11-5-9(13(16(23)24)19(11)15(12)22)8-3-4-10(18-6-8)14(21)17-2/h3-4,6-7,11-12,20H,5H2,1-2H3,(H,17,21)(H,23,24)/t7-,11-,12-/m1/s1. The molecule has 0 aromatic carbocycles. The van der Waals surface area contributed by atoms with Gasteiger partial charge in [-0.15, -0.1) is 0 Å². The number of pyridine rings is 1. The van der Waals surface area contributed by atoms with E-state index in [0.29, 0.717) is 17.6 Å². The monoisotopic (exact) mass is 331 g/mol. The molecule has 2 amide bonds. The van der Waals surface area contributed by atoms with Crippen LogP contribution in [0.25, 0.3) is 5.57 Å². The Hall–Kier alpha value is -2.74. The van der Waals surface area contributed by atoms with Gasteiger partial charge in [0.25, 0.3) is 5.91 Å². The fraction of sp³-hybridized carbons (Fsp3) is 0.375. The van der Waals surface area contributed by atoms with Crippen molar-refractivity contribution in [2.24, 2.45) is 5.92 Å². The van der Waals surface area contributed by atoms with Crippen molar-refractivity contribution in [3.05, 3.63) is 35.3 Å². The number of carbonyl (C=O) groups excluding carboxylic acids is 2. The fourth-order valence-corrected chi connectivity index (χ4v) is 3.36. The predicted octanol–water partition coefficient (Wildman–Crippen LogP) is -0.152. The van der Waals surface area contributed by atoms with E-state index in [1.807, 2.05) is 0 Å². The van der Waals surface area contributed by atoms with E-state index in [9.17, 15) is 24.6 Å². The van der Waals surface area contributed by atoms with Crippen LogP contribution in [0.4, 0.5) is 0 Å². The summed E-state index contributed by atoms with van der Waals surface area (Å²) < 4.78 is 0. The third kappa shape index (κ3) is 2.26. The lowest BCUT2D eigenvalue weighted by molar-refractivity contribution is -0.161. The van der Waals surface area contributed by atoms with Crippen molar-refractivity contribution < 1.29 is 24.6 Å². The largest absolute Gasteiger partial charge is 0.477 e. The van der Waals surface area contributed by atoms with Crippen molar-refractivity contribution in [1.29, 1.82) is 0 Å². The van der Waals surface area contributed by atoms with Gasteiger partial charge in [-0.1, -0.05) is 6.07 Å². The van der Waals surface area contributed by atoms with E-state index in [1.54, 1.807) is 6.07 Å². The van der Waals surface area contributed by atoms with Crippen LogP contribution in [0, 0.1) is 5.92 Å². The maximum atomic E-state index is 12.2. The highest BCUT2D eigenvalue weighted by Crippen LogP contribution is 2.46. The predicted molar refractivity (Wildman–Crippen MR) is 82.6 cm³/mol. The van der Waals surface area contributed by atoms with Gasteiger partial charge in [0.1, 0.15) is 11.4 Å². The Morgan fingerprint density at radius 3 is 2.62 bits per heavy atom. The Morgan fingerprint density at radius 2 is 2.12 bits per heavy atom. The van der Waals surface area contributed by atoms with Crippen LogP contribution in [0.3, 0.4) is 0 Å². The molecule has 0 aliphatic carbocycles. The molecule has 3 atom stereocenters. The normalized spacial score (nSPS) is 23.6. The lowest BCUT2D eigenvalue weighted by Gasteiger charge is -2.44. The van der Waals surface area contributed by atoms with Gasteiger partial charge in [-0.05, 0) is 30.5 Å². The number of amides is 2. The van der Waals surface area contributed by atoms with Gasteiger partial charge in [0.15, 0.2) is 0 Å². The molecular weight excluding hydrogens is 314 g/mol. The van der Waals surface area contributed by atoms with Gasteiger partial charge in [0, 0.05) is 13.2 Å². The van der Waals surface area contributed by atoms with E-state index in [4.69, 9.17) is 0 Å². The van der Waals surface area contributed by atoms with Gasteiger partial charge >= 0.3 is 5.97 Å². The molecule has 3 rings (SSSR count). The van der Waals surface area contributed by atoms with E-state index in [-0.39, 0.29) is 29.2 Å². The van der Waals surface area contributed by atoms with Crippen LogP contribution in [0.2, 0.25) is 0 Å². The number of aliphatic carboxylic acids is 1. The van der Waals surface area contributed by atoms with Crippen LogP contribution in [-0.4, -0.2) is 57.1 Å². The van der Waals surface area contributed by atoms with Gasteiger partial charge in [-0.25, -0.2) is 4.79 Å². The van der Waals surface area contributed by atoms with E-state index in [1.165, 1.54) is 31.1 Å². The summed E-state index contributed by atoms with van der Waals surface area (Å²) in [6, 6.07) is 2.77. The highest BCUT2D eigenvalue weighted by atomic mass is 16.4. The second-order valence-electron chi connectivity index (χ2n) is 5.89. The quantitative estimate of drug-likeness (QED) is 0.660. The van der Waals surface area contributed by atoms with E-state index >= 15 is 0 Å². The van der Waals surface area contributed by atoms with Crippen molar-refractivity contribution in [1.82, 2.24) is 15.2 Å². The number of fused-ring (bicyclic) bond motifs is 1. The molecule has 1 aromatic heterocycles. The third-order valence-corrected chi connectivity index (χ3v) is 4.50. The summed E-state index contributed by atoms with van der Waals surface area (Å²) in [4.78, 5) is 40.6. The number of rotatable bonds is 4. The minimum atomic E-state index is -1.19. The summed E-state index contributed by atoms with van der Waals surface area (Å²) in [5.41, 5.74) is 1.18. The van der Waals surface area contributed by atoms with Crippen LogP contribution in [-0.2, 0) is 9.59 Å². The molecule has 2 aliphatic heterocycles. The Labute approximate surface area is 137 Å². The number of nitrogens with one attached hydrogen (secondary N) is 1. The number of carboxylic acids is 1. The first-order valence-corrected chi connectivity index (χ1v) is 7.53. The summed E-state index contributed by atoms with van der Waals surface area (Å²) in [6.45, 7) is 1.53. The number of aromatic nitrogens is 1. The number of carboxylic acid groups (broad SMARTS) is 1. The van der Waals surface area contributed by atoms with Crippen LogP contribution < -0.4 is 5.32 Å². The van der Waals surface area contributed by atoms with Crippen LogP contribution in [0.15, 0.2) is 24.0 Å². The number of nitrogens with zero attached hydrogens (tertiary/aromatic N) is 2. The fourth-order valence-electron chi connectivity index (χ4n) is 3.36. The molecule has 3 N–H and O–H groups in total. The van der Waals surface area contributed by atoms with Crippen LogP contribution >= 0.6 is 0 Å². The Morgan fingerprint density at radius 1 is 1.42 bits per heavy atom. The molecule has 0 spiro atoms. The number of hydrogen-bond donors (Lipinski definition) is 3. The lowest BCUT2D eigenvalue weighted by atomic mass is 9.82. The summed E-state index contributed by atoms with van der Waals surface area (Å²) in [5, 5.41) is 21.7. The summed E-state index contributed by atoms with van der Waals surface area (Å²) in [7, 11) is 1.49. The molecule has 24 heavy (non-hydrogen) atoms. The topological polar surface area (TPSA) is 120 Å². The first-order chi connectivity index (χ1) is 11.4. The molecule has 1 aromatic rings. The zero-order valence-electron chi connectivity index (χ0n) is 13.2. The minimum absolute atomic E-state index is 0.0728. The maximum Gasteiger partial charge on any atom is 0.352 e. The molecule has 3 heterocycles. The van der Waals surface area contributed by atoms with Crippen molar-refractivity contribution in [3.8, 4) is 0 Å². The third-order valence-electron chi connectivity index (χ3n) is 4.50. The van der Waals surface area contributed by atoms with Gasteiger partial charge < -0.3 is 20.4 Å². The smallest absolute Gasteiger partial charge is 0.352 e. The van der Waals surface area contributed by atoms with E-state index < -0.39 is 18.0 Å². The van der Waals surface area contributed by atoms with Crippen molar-refractivity contribution >= 4 is 23.4 Å². The summed E-state index contributed by atoms with van der Waals surface area (Å²) >= 11 is 0. The Balaban J connectivity index is 1.97. The number of aliphatic hydroxyl groups excluding tert-OH is 1. The molecule has 0 bridgehead atoms. The molecule has 2 aliphatic rings. The van der Waals surface area contributed by atoms with E-state index in [0.717, 1.165) is 0 Å². The number of aliphatic hydroxyl groups is 1. The molecule has 1 fully saturated rings. The molecule has 1 saturated heterocycles. The van der Waals surface area contributed by atoms with Crippen LogP contribution in [0.1, 0.15) is 29.4 Å². The summed E-state index contributed by atoms with van der Waals surface area (Å²) in [5.74, 6) is -2.50. The lowest BCUT2D eigenvalue weighted by Crippen LogP contribution is -2.61. The zero-order valence-corrected chi connectivity index (χ0v) is 13.2. The average molecular weight is 331 g/mol. The number of hydrogen-bond acceptors (Lipinski definition) is 5. The molecule has 126 valence electrons. The Kier molecular flexibility index (Phi) is 3.84. The molecule has 0 saturated carbocycles. The number of carbonyl (C=O) groups is 3. The highest BCUT2D eigenvalue weighted by molar-refractivity contribution is 6.06. The molecule has 0 radical (unpaired) electrons. The maximum absolute atomic E-state index is 12.2. The molecule has 8 heteroatoms. The highest BCUT2D eigenvalue weighted by Gasteiger charge is 2.56. The van der Waals surface area contributed by atoms with Crippen LogP contribution in [0.5, 0.6) is 0 Å². The second-order valence-corrected chi connectivity index (χ2v) is 5.89.